The van der Waals surface area contributed by atoms with Crippen molar-refractivity contribution in [3.8, 4) is 0 Å². The molecule has 4 heteroatoms. The summed E-state index contributed by atoms with van der Waals surface area (Å²) in [6.07, 6.45) is 6.54. The van der Waals surface area contributed by atoms with Crippen LogP contribution in [0.1, 0.15) is 32.6 Å². The lowest BCUT2D eigenvalue weighted by atomic mass is 10.0. The van der Waals surface area contributed by atoms with E-state index < -0.39 is 5.97 Å². The molecule has 0 aliphatic heterocycles. The van der Waals surface area contributed by atoms with Crippen LogP contribution < -0.4 is 5.32 Å². The smallest absolute Gasteiger partial charge is 0.303 e. The van der Waals surface area contributed by atoms with Crippen LogP contribution in [0.4, 0.5) is 0 Å². The van der Waals surface area contributed by atoms with E-state index >= 15 is 0 Å². The molecular formula is C12H19NO3. The van der Waals surface area contributed by atoms with Crippen molar-refractivity contribution in [3.05, 3.63) is 12.2 Å². The standard InChI is InChI=1S/C12H19NO3/c1-2-9(7-11(14)15)8-13-12(16)10-5-3-4-6-10/h3-4,9-10H,2,5-8H2,1H3,(H,13,16)(H,14,15). The number of hydrogen-bond donors (Lipinski definition) is 2. The molecule has 0 saturated carbocycles. The third-order valence-corrected chi connectivity index (χ3v) is 2.98. The third-order valence-electron chi connectivity index (χ3n) is 2.98. The van der Waals surface area contributed by atoms with Crippen molar-refractivity contribution in [3.63, 3.8) is 0 Å². The normalized spacial score (nSPS) is 17.3. The van der Waals surface area contributed by atoms with E-state index in [0.717, 1.165) is 19.3 Å². The molecular weight excluding hydrogens is 206 g/mol. The lowest BCUT2D eigenvalue weighted by Crippen LogP contribution is -2.34. The highest BCUT2D eigenvalue weighted by molar-refractivity contribution is 5.79. The molecule has 0 aromatic heterocycles. The Hall–Kier alpha value is -1.32. The van der Waals surface area contributed by atoms with Crippen LogP contribution in [0, 0.1) is 11.8 Å². The van der Waals surface area contributed by atoms with E-state index in [1.807, 2.05) is 19.1 Å². The molecule has 1 aliphatic carbocycles. The molecule has 0 saturated heterocycles. The lowest BCUT2D eigenvalue weighted by Gasteiger charge is -2.15. The minimum Gasteiger partial charge on any atom is -0.481 e. The van der Waals surface area contributed by atoms with Crippen LogP contribution in [-0.4, -0.2) is 23.5 Å². The topological polar surface area (TPSA) is 66.4 Å². The average molecular weight is 225 g/mol. The minimum absolute atomic E-state index is 0.0378. The predicted molar refractivity (Wildman–Crippen MR) is 60.9 cm³/mol. The second-order valence-electron chi connectivity index (χ2n) is 4.26. The number of allylic oxidation sites excluding steroid dienone is 2. The Morgan fingerprint density at radius 3 is 2.56 bits per heavy atom. The molecule has 90 valence electrons. The highest BCUT2D eigenvalue weighted by Gasteiger charge is 2.20. The fourth-order valence-electron chi connectivity index (χ4n) is 1.83. The zero-order valence-corrected chi connectivity index (χ0v) is 9.61. The van der Waals surface area contributed by atoms with Crippen molar-refractivity contribution >= 4 is 11.9 Å². The lowest BCUT2D eigenvalue weighted by molar-refractivity contribution is -0.138. The Kier molecular flexibility index (Phi) is 5.02. The van der Waals surface area contributed by atoms with E-state index in [0.29, 0.717) is 6.54 Å². The Balaban J connectivity index is 2.26. The van der Waals surface area contributed by atoms with Gasteiger partial charge in [-0.1, -0.05) is 25.5 Å². The van der Waals surface area contributed by atoms with E-state index in [4.69, 9.17) is 5.11 Å². The van der Waals surface area contributed by atoms with Crippen molar-refractivity contribution in [1.29, 1.82) is 0 Å². The van der Waals surface area contributed by atoms with Crippen LogP contribution in [0.25, 0.3) is 0 Å². The Bertz CT molecular complexity index is 278. The van der Waals surface area contributed by atoms with Crippen LogP contribution in [0.15, 0.2) is 12.2 Å². The summed E-state index contributed by atoms with van der Waals surface area (Å²) in [5.41, 5.74) is 0. The molecule has 0 aromatic carbocycles. The number of carboxylic acid groups (broad SMARTS) is 1. The van der Waals surface area contributed by atoms with Gasteiger partial charge in [0, 0.05) is 18.9 Å². The predicted octanol–water partition coefficient (Wildman–Crippen LogP) is 1.57. The van der Waals surface area contributed by atoms with E-state index in [1.165, 1.54) is 0 Å². The summed E-state index contributed by atoms with van der Waals surface area (Å²) in [5.74, 6) is -0.657. The van der Waals surface area contributed by atoms with Gasteiger partial charge in [-0.25, -0.2) is 0 Å². The van der Waals surface area contributed by atoms with Crippen LogP contribution in [-0.2, 0) is 9.59 Å². The Morgan fingerprint density at radius 1 is 1.44 bits per heavy atom. The quantitative estimate of drug-likeness (QED) is 0.674. The van der Waals surface area contributed by atoms with Crippen molar-refractivity contribution in [1.82, 2.24) is 5.32 Å². The third kappa shape index (κ3) is 4.04. The van der Waals surface area contributed by atoms with Crippen LogP contribution in [0.5, 0.6) is 0 Å². The van der Waals surface area contributed by atoms with Gasteiger partial charge in [0.2, 0.25) is 5.91 Å². The number of carbonyl (C=O) groups excluding carboxylic acids is 1. The van der Waals surface area contributed by atoms with E-state index in [9.17, 15) is 9.59 Å². The molecule has 0 bridgehead atoms. The second-order valence-corrected chi connectivity index (χ2v) is 4.26. The van der Waals surface area contributed by atoms with Gasteiger partial charge in [-0.15, -0.1) is 0 Å². The number of aliphatic carboxylic acids is 1. The van der Waals surface area contributed by atoms with Gasteiger partial charge in [-0.2, -0.15) is 0 Å². The zero-order chi connectivity index (χ0) is 12.0. The van der Waals surface area contributed by atoms with Gasteiger partial charge < -0.3 is 10.4 Å². The van der Waals surface area contributed by atoms with Crippen LogP contribution in [0.3, 0.4) is 0 Å². The highest BCUT2D eigenvalue weighted by atomic mass is 16.4. The van der Waals surface area contributed by atoms with Crippen molar-refractivity contribution in [2.75, 3.05) is 6.54 Å². The molecule has 1 atom stereocenters. The molecule has 0 fully saturated rings. The summed E-state index contributed by atoms with van der Waals surface area (Å²) in [4.78, 5) is 22.2. The zero-order valence-electron chi connectivity index (χ0n) is 9.61. The molecule has 1 rings (SSSR count). The fraction of sp³-hybridized carbons (Fsp3) is 0.667. The van der Waals surface area contributed by atoms with Crippen LogP contribution in [0.2, 0.25) is 0 Å². The summed E-state index contributed by atoms with van der Waals surface area (Å²) in [5, 5.41) is 11.5. The van der Waals surface area contributed by atoms with Crippen molar-refractivity contribution < 1.29 is 14.7 Å². The molecule has 1 amide bonds. The van der Waals surface area contributed by atoms with Gasteiger partial charge >= 0.3 is 5.97 Å². The van der Waals surface area contributed by atoms with Crippen molar-refractivity contribution in [2.24, 2.45) is 11.8 Å². The van der Waals surface area contributed by atoms with Crippen molar-refractivity contribution in [2.45, 2.75) is 32.6 Å². The first kappa shape index (κ1) is 12.7. The molecule has 2 N–H and O–H groups in total. The van der Waals surface area contributed by atoms with E-state index in [1.54, 1.807) is 0 Å². The van der Waals surface area contributed by atoms with Gasteiger partial charge in [0.15, 0.2) is 0 Å². The minimum atomic E-state index is -0.802. The maximum Gasteiger partial charge on any atom is 0.303 e. The highest BCUT2D eigenvalue weighted by Crippen LogP contribution is 2.17. The van der Waals surface area contributed by atoms with Gasteiger partial charge in [0.1, 0.15) is 0 Å². The number of amides is 1. The molecule has 16 heavy (non-hydrogen) atoms. The summed E-state index contributed by atoms with van der Waals surface area (Å²) in [6.45, 7) is 2.41. The first-order valence-corrected chi connectivity index (χ1v) is 5.78. The van der Waals surface area contributed by atoms with Gasteiger partial charge in [-0.3, -0.25) is 9.59 Å². The molecule has 0 heterocycles. The molecule has 0 radical (unpaired) electrons. The average Bonchev–Trinajstić information content (AvgIpc) is 2.76. The van der Waals surface area contributed by atoms with E-state index in [-0.39, 0.29) is 24.2 Å². The summed E-state index contributed by atoms with van der Waals surface area (Å²) < 4.78 is 0. The maximum atomic E-state index is 11.7. The number of nitrogens with one attached hydrogen (secondary N) is 1. The van der Waals surface area contributed by atoms with Gasteiger partial charge in [0.05, 0.1) is 0 Å². The molecule has 0 spiro atoms. The van der Waals surface area contributed by atoms with Crippen LogP contribution >= 0.6 is 0 Å². The molecule has 1 aliphatic rings. The number of carboxylic acids is 1. The first-order valence-electron chi connectivity index (χ1n) is 5.78. The second kappa shape index (κ2) is 6.30. The first-order chi connectivity index (χ1) is 7.63. The molecule has 0 aromatic rings. The molecule has 4 nitrogen and oxygen atoms in total. The summed E-state index contributed by atoms with van der Waals surface area (Å²) in [6, 6.07) is 0. The molecule has 1 unspecified atom stereocenters. The Morgan fingerprint density at radius 2 is 2.06 bits per heavy atom. The number of hydrogen-bond acceptors (Lipinski definition) is 2. The summed E-state index contributed by atoms with van der Waals surface area (Å²) >= 11 is 0. The largest absolute Gasteiger partial charge is 0.481 e. The SMILES string of the molecule is CCC(CNC(=O)C1CC=CC1)CC(=O)O. The Labute approximate surface area is 95.7 Å². The summed E-state index contributed by atoms with van der Waals surface area (Å²) in [7, 11) is 0. The monoisotopic (exact) mass is 225 g/mol. The maximum absolute atomic E-state index is 11.7. The number of carbonyl (C=O) groups is 2. The van der Waals surface area contributed by atoms with E-state index in [2.05, 4.69) is 5.32 Å². The number of rotatable bonds is 6. The van der Waals surface area contributed by atoms with Gasteiger partial charge in [-0.05, 0) is 18.8 Å². The van der Waals surface area contributed by atoms with Gasteiger partial charge in [0.25, 0.3) is 0 Å². The fourth-order valence-corrected chi connectivity index (χ4v) is 1.83.